The van der Waals surface area contributed by atoms with Crippen LogP contribution in [0.3, 0.4) is 0 Å². The molecule has 0 aliphatic carbocycles. The SMILES string of the molecule is CC(C)c1c(C(=O)N(C)Cc2ccc(F)c(F)c2)nn(-c2ccc(F)cc2)c1CC[C@@H](O)C[C@@H](O)CC(=O)[O-]. The number of carbonyl (C=O) groups excluding carboxylic acids is 2. The van der Waals surface area contributed by atoms with Crippen molar-refractivity contribution in [1.29, 1.82) is 0 Å². The summed E-state index contributed by atoms with van der Waals surface area (Å²) >= 11 is 0. The van der Waals surface area contributed by atoms with E-state index in [1.54, 1.807) is 0 Å². The van der Waals surface area contributed by atoms with E-state index in [1.165, 1.54) is 47.0 Å². The minimum atomic E-state index is -1.43. The summed E-state index contributed by atoms with van der Waals surface area (Å²) in [4.78, 5) is 25.6. The first-order valence-electron chi connectivity index (χ1n) is 12.5. The summed E-state index contributed by atoms with van der Waals surface area (Å²) < 4.78 is 42.2. The normalized spacial score (nSPS) is 12.9. The number of aliphatic carboxylic acids is 1. The van der Waals surface area contributed by atoms with Crippen LogP contribution in [0.25, 0.3) is 5.69 Å². The molecule has 2 atom stereocenters. The number of benzene rings is 2. The largest absolute Gasteiger partial charge is 0.550 e. The number of aliphatic hydroxyl groups is 2. The van der Waals surface area contributed by atoms with Gasteiger partial charge in [-0.2, -0.15) is 5.10 Å². The van der Waals surface area contributed by atoms with Crippen LogP contribution < -0.4 is 5.11 Å². The molecule has 8 nitrogen and oxygen atoms in total. The maximum Gasteiger partial charge on any atom is 0.274 e. The molecule has 0 saturated carbocycles. The fraction of sp³-hybridized carbons (Fsp3) is 0.393. The van der Waals surface area contributed by atoms with E-state index in [0.29, 0.717) is 22.5 Å². The van der Waals surface area contributed by atoms with Gasteiger partial charge in [-0.25, -0.2) is 17.9 Å². The van der Waals surface area contributed by atoms with Crippen LogP contribution in [0.2, 0.25) is 0 Å². The molecule has 1 aromatic heterocycles. The smallest absolute Gasteiger partial charge is 0.274 e. The van der Waals surface area contributed by atoms with Crippen molar-refractivity contribution in [3.05, 3.63) is 82.4 Å². The standard InChI is InChI=1S/C28H32F3N3O5/c1-16(2)26-24(11-9-20(35)13-21(36)14-25(37)38)34(19-7-5-18(29)6-8-19)32-27(26)28(39)33(3)15-17-4-10-22(30)23(31)12-17/h4-8,10,12,16,20-21,35-36H,9,11,13-15H2,1-3H3,(H,37,38)/p-1/t20-,21-/m1/s1. The second kappa shape index (κ2) is 12.9. The number of nitrogens with zero attached hydrogens (tertiary/aromatic N) is 3. The maximum absolute atomic E-state index is 13.7. The molecule has 0 fully saturated rings. The zero-order valence-corrected chi connectivity index (χ0v) is 21.9. The average Bonchev–Trinajstić information content (AvgIpc) is 3.24. The van der Waals surface area contributed by atoms with Gasteiger partial charge in [0.2, 0.25) is 0 Å². The van der Waals surface area contributed by atoms with Crippen molar-refractivity contribution in [3.8, 4) is 5.69 Å². The number of rotatable bonds is 12. The quantitative estimate of drug-likeness (QED) is 0.361. The van der Waals surface area contributed by atoms with Gasteiger partial charge in [-0.1, -0.05) is 19.9 Å². The molecule has 2 N–H and O–H groups in total. The second-order valence-electron chi connectivity index (χ2n) is 9.82. The maximum atomic E-state index is 13.7. The van der Waals surface area contributed by atoms with Gasteiger partial charge in [-0.15, -0.1) is 0 Å². The molecule has 39 heavy (non-hydrogen) atoms. The van der Waals surface area contributed by atoms with E-state index in [1.807, 2.05) is 13.8 Å². The first kappa shape index (κ1) is 29.9. The Labute approximate surface area is 224 Å². The molecule has 0 spiro atoms. The topological polar surface area (TPSA) is 119 Å². The summed E-state index contributed by atoms with van der Waals surface area (Å²) in [6.45, 7) is 3.71. The van der Waals surface area contributed by atoms with Gasteiger partial charge >= 0.3 is 0 Å². The molecule has 1 amide bonds. The highest BCUT2D eigenvalue weighted by atomic mass is 19.2. The van der Waals surface area contributed by atoms with E-state index in [0.717, 1.165) is 12.1 Å². The number of amides is 1. The third-order valence-corrected chi connectivity index (χ3v) is 6.28. The number of carbonyl (C=O) groups is 2. The van der Waals surface area contributed by atoms with Crippen LogP contribution in [0.15, 0.2) is 42.5 Å². The van der Waals surface area contributed by atoms with Crippen LogP contribution in [-0.4, -0.2) is 56.0 Å². The fourth-order valence-corrected chi connectivity index (χ4v) is 4.44. The van der Waals surface area contributed by atoms with Gasteiger partial charge in [0.15, 0.2) is 17.3 Å². The fourth-order valence-electron chi connectivity index (χ4n) is 4.44. The van der Waals surface area contributed by atoms with Gasteiger partial charge in [0.1, 0.15) is 5.82 Å². The van der Waals surface area contributed by atoms with Crippen LogP contribution in [0.4, 0.5) is 13.2 Å². The zero-order chi connectivity index (χ0) is 28.9. The summed E-state index contributed by atoms with van der Waals surface area (Å²) in [5, 5.41) is 35.6. The number of aliphatic hydroxyl groups excluding tert-OH is 2. The number of halogens is 3. The van der Waals surface area contributed by atoms with Gasteiger partial charge in [-0.3, -0.25) is 4.79 Å². The van der Waals surface area contributed by atoms with Gasteiger partial charge in [0, 0.05) is 37.2 Å². The Morgan fingerprint density at radius 2 is 1.69 bits per heavy atom. The highest BCUT2D eigenvalue weighted by Crippen LogP contribution is 2.29. The lowest BCUT2D eigenvalue weighted by atomic mass is 9.95. The lowest BCUT2D eigenvalue weighted by molar-refractivity contribution is -0.307. The second-order valence-corrected chi connectivity index (χ2v) is 9.82. The van der Waals surface area contributed by atoms with E-state index >= 15 is 0 Å². The highest BCUT2D eigenvalue weighted by Gasteiger charge is 2.28. The number of hydrogen-bond donors (Lipinski definition) is 2. The van der Waals surface area contributed by atoms with Gasteiger partial charge in [0.05, 0.1) is 17.9 Å². The minimum absolute atomic E-state index is 0.0126. The Morgan fingerprint density at radius 1 is 1.03 bits per heavy atom. The van der Waals surface area contributed by atoms with Crippen molar-refractivity contribution in [3.63, 3.8) is 0 Å². The van der Waals surface area contributed by atoms with Crippen LogP contribution in [-0.2, 0) is 17.8 Å². The number of hydrogen-bond acceptors (Lipinski definition) is 6. The van der Waals surface area contributed by atoms with Crippen molar-refractivity contribution >= 4 is 11.9 Å². The molecule has 0 unspecified atom stereocenters. The Kier molecular flexibility index (Phi) is 9.87. The van der Waals surface area contributed by atoms with Gasteiger partial charge < -0.3 is 25.0 Å². The summed E-state index contributed by atoms with van der Waals surface area (Å²) in [5.74, 6) is -4.59. The summed E-state index contributed by atoms with van der Waals surface area (Å²) in [7, 11) is 1.51. The predicted molar refractivity (Wildman–Crippen MR) is 134 cm³/mol. The van der Waals surface area contributed by atoms with Gasteiger partial charge in [-0.05, 0) is 67.1 Å². The molecule has 11 heteroatoms. The summed E-state index contributed by atoms with van der Waals surface area (Å²) in [6.07, 6.45) is -2.79. The molecule has 0 aliphatic rings. The van der Waals surface area contributed by atoms with Crippen LogP contribution in [0.1, 0.15) is 66.3 Å². The van der Waals surface area contributed by atoms with E-state index in [4.69, 9.17) is 0 Å². The lowest BCUT2D eigenvalue weighted by Crippen LogP contribution is -2.29. The lowest BCUT2D eigenvalue weighted by Gasteiger charge is -2.19. The summed E-state index contributed by atoms with van der Waals surface area (Å²) in [5.41, 5.74) is 2.13. The van der Waals surface area contributed by atoms with Crippen molar-refractivity contribution in [2.75, 3.05) is 7.05 Å². The molecule has 210 valence electrons. The van der Waals surface area contributed by atoms with E-state index < -0.39 is 48.0 Å². The molecule has 1 heterocycles. The third-order valence-electron chi connectivity index (χ3n) is 6.28. The molecule has 0 saturated heterocycles. The Bertz CT molecular complexity index is 1310. The minimum Gasteiger partial charge on any atom is -0.550 e. The predicted octanol–water partition coefficient (Wildman–Crippen LogP) is 2.87. The van der Waals surface area contributed by atoms with Crippen molar-refractivity contribution < 1.29 is 38.1 Å². The van der Waals surface area contributed by atoms with Crippen molar-refractivity contribution in [2.45, 2.75) is 64.2 Å². The molecule has 2 aromatic carbocycles. The van der Waals surface area contributed by atoms with Crippen LogP contribution >= 0.6 is 0 Å². The van der Waals surface area contributed by atoms with E-state index in [2.05, 4.69) is 5.10 Å². The van der Waals surface area contributed by atoms with Crippen molar-refractivity contribution in [2.24, 2.45) is 0 Å². The highest BCUT2D eigenvalue weighted by molar-refractivity contribution is 5.94. The molecule has 0 aliphatic heterocycles. The third kappa shape index (κ3) is 7.67. The van der Waals surface area contributed by atoms with Crippen molar-refractivity contribution in [1.82, 2.24) is 14.7 Å². The van der Waals surface area contributed by atoms with E-state index in [-0.39, 0.29) is 37.4 Å². The monoisotopic (exact) mass is 546 g/mol. The first-order valence-corrected chi connectivity index (χ1v) is 12.5. The molecular weight excluding hydrogens is 515 g/mol. The molecular formula is C28H31F3N3O5-. The molecule has 3 aromatic rings. The summed E-state index contributed by atoms with van der Waals surface area (Å²) in [6, 6.07) is 8.87. The van der Waals surface area contributed by atoms with Crippen LogP contribution in [0.5, 0.6) is 0 Å². The van der Waals surface area contributed by atoms with E-state index in [9.17, 15) is 38.1 Å². The van der Waals surface area contributed by atoms with Gasteiger partial charge in [0.25, 0.3) is 5.91 Å². The molecule has 0 bridgehead atoms. The molecule has 3 rings (SSSR count). The zero-order valence-electron chi connectivity index (χ0n) is 21.9. The average molecular weight is 547 g/mol. The Morgan fingerprint density at radius 3 is 2.28 bits per heavy atom. The number of carboxylic acids is 1. The van der Waals surface area contributed by atoms with Crippen LogP contribution in [0, 0.1) is 17.5 Å². The first-order chi connectivity index (χ1) is 18.4. The number of aromatic nitrogens is 2. The Hall–Kier alpha value is -3.70. The molecule has 0 radical (unpaired) electrons. The number of carboxylic acid groups (broad SMARTS) is 1. The Balaban J connectivity index is 1.96.